The molecule has 7 nitrogen and oxygen atoms in total. The molecule has 0 spiro atoms. The van der Waals surface area contributed by atoms with Gasteiger partial charge in [0, 0.05) is 31.4 Å². The van der Waals surface area contributed by atoms with Crippen LogP contribution in [0.2, 0.25) is 0 Å². The zero-order valence-electron chi connectivity index (χ0n) is 16.9. The number of carbonyl (C=O) groups is 3. The normalized spacial score (nSPS) is 21.1. The number of carbonyl (C=O) groups excluding carboxylic acids is 3. The first-order valence-corrected chi connectivity index (χ1v) is 9.72. The third kappa shape index (κ3) is 3.54. The van der Waals surface area contributed by atoms with Crippen LogP contribution in [0.25, 0.3) is 0 Å². The Morgan fingerprint density at radius 2 is 1.70 bits per heavy atom. The molecular formula is C22H22FN3O4. The van der Waals surface area contributed by atoms with E-state index in [-0.39, 0.29) is 28.9 Å². The Labute approximate surface area is 173 Å². The molecule has 2 heterocycles. The molecule has 0 bridgehead atoms. The topological polar surface area (TPSA) is 79.0 Å². The van der Waals surface area contributed by atoms with Crippen molar-refractivity contribution in [2.24, 2.45) is 0 Å². The highest BCUT2D eigenvalue weighted by molar-refractivity contribution is 6.22. The smallest absolute Gasteiger partial charge is 0.261 e. The standard InChI is InChI=1S/C22H22FN3O4/c1-12-10-26(11-13(2)30-12)19-7-5-15(9-18(19)23)24-20(27)14-4-6-16-17(8-14)22(29)25(3)21(16)28/h4-9,12-13H,10-11H2,1-3H3,(H,24,27). The van der Waals surface area contributed by atoms with Crippen molar-refractivity contribution >= 4 is 29.1 Å². The zero-order chi connectivity index (χ0) is 21.6. The number of ether oxygens (including phenoxy) is 1. The van der Waals surface area contributed by atoms with Crippen LogP contribution in [0, 0.1) is 5.82 Å². The van der Waals surface area contributed by atoms with Crippen molar-refractivity contribution in [1.29, 1.82) is 0 Å². The first-order valence-electron chi connectivity index (χ1n) is 9.72. The fourth-order valence-corrected chi connectivity index (χ4v) is 3.92. The molecule has 3 amide bonds. The molecule has 2 unspecified atom stereocenters. The Bertz CT molecular complexity index is 1040. The number of imide groups is 1. The number of amides is 3. The summed E-state index contributed by atoms with van der Waals surface area (Å²) in [5, 5.41) is 2.64. The summed E-state index contributed by atoms with van der Waals surface area (Å²) in [6, 6.07) is 8.86. The lowest BCUT2D eigenvalue weighted by molar-refractivity contribution is -0.00539. The molecule has 8 heteroatoms. The molecule has 1 fully saturated rings. The second-order valence-electron chi connectivity index (χ2n) is 7.71. The number of nitrogens with one attached hydrogen (secondary N) is 1. The molecule has 1 saturated heterocycles. The quantitative estimate of drug-likeness (QED) is 0.786. The van der Waals surface area contributed by atoms with Gasteiger partial charge in [-0.1, -0.05) is 0 Å². The highest BCUT2D eigenvalue weighted by Crippen LogP contribution is 2.27. The van der Waals surface area contributed by atoms with Crippen LogP contribution < -0.4 is 10.2 Å². The largest absolute Gasteiger partial charge is 0.372 e. The van der Waals surface area contributed by atoms with Crippen molar-refractivity contribution in [2.45, 2.75) is 26.1 Å². The van der Waals surface area contributed by atoms with Crippen LogP contribution in [0.3, 0.4) is 0 Å². The van der Waals surface area contributed by atoms with E-state index in [9.17, 15) is 18.8 Å². The number of anilines is 2. The molecule has 4 rings (SSSR count). The van der Waals surface area contributed by atoms with Crippen molar-refractivity contribution in [3.05, 3.63) is 58.9 Å². The van der Waals surface area contributed by atoms with Gasteiger partial charge in [0.05, 0.1) is 29.0 Å². The molecule has 2 atom stereocenters. The van der Waals surface area contributed by atoms with Crippen molar-refractivity contribution in [2.75, 3.05) is 30.4 Å². The van der Waals surface area contributed by atoms with Crippen LogP contribution in [0.1, 0.15) is 44.9 Å². The lowest BCUT2D eigenvalue weighted by Crippen LogP contribution is -2.45. The van der Waals surface area contributed by atoms with Gasteiger partial charge in [-0.25, -0.2) is 4.39 Å². The maximum atomic E-state index is 14.7. The molecule has 156 valence electrons. The summed E-state index contributed by atoms with van der Waals surface area (Å²) in [7, 11) is 1.39. The second-order valence-corrected chi connectivity index (χ2v) is 7.71. The summed E-state index contributed by atoms with van der Waals surface area (Å²) in [5.41, 5.74) is 1.43. The van der Waals surface area contributed by atoms with E-state index in [1.807, 2.05) is 18.7 Å². The van der Waals surface area contributed by atoms with Gasteiger partial charge in [-0.3, -0.25) is 19.3 Å². The lowest BCUT2D eigenvalue weighted by Gasteiger charge is -2.37. The monoisotopic (exact) mass is 411 g/mol. The fourth-order valence-electron chi connectivity index (χ4n) is 3.92. The molecular weight excluding hydrogens is 389 g/mol. The van der Waals surface area contributed by atoms with Crippen LogP contribution in [0.4, 0.5) is 15.8 Å². The minimum Gasteiger partial charge on any atom is -0.372 e. The number of hydrogen-bond acceptors (Lipinski definition) is 5. The van der Waals surface area contributed by atoms with Gasteiger partial charge in [-0.05, 0) is 50.2 Å². The second kappa shape index (κ2) is 7.53. The molecule has 2 aromatic rings. The SMILES string of the molecule is CC1CN(c2ccc(NC(=O)c3ccc4c(c3)C(=O)N(C)C4=O)cc2F)CC(C)O1. The molecule has 1 N–H and O–H groups in total. The lowest BCUT2D eigenvalue weighted by atomic mass is 10.1. The number of fused-ring (bicyclic) bond motifs is 1. The average Bonchev–Trinajstić information content (AvgIpc) is 2.91. The number of halogens is 1. The van der Waals surface area contributed by atoms with Gasteiger partial charge < -0.3 is 15.0 Å². The van der Waals surface area contributed by atoms with Gasteiger partial charge >= 0.3 is 0 Å². The summed E-state index contributed by atoms with van der Waals surface area (Å²) < 4.78 is 20.4. The van der Waals surface area contributed by atoms with Crippen LogP contribution in [0.15, 0.2) is 36.4 Å². The fraction of sp³-hybridized carbons (Fsp3) is 0.318. The maximum Gasteiger partial charge on any atom is 0.261 e. The van der Waals surface area contributed by atoms with E-state index < -0.39 is 23.5 Å². The summed E-state index contributed by atoms with van der Waals surface area (Å²) >= 11 is 0. The first kappa shape index (κ1) is 20.0. The van der Waals surface area contributed by atoms with Gasteiger partial charge in [0.1, 0.15) is 5.82 Å². The Morgan fingerprint density at radius 1 is 1.03 bits per heavy atom. The maximum absolute atomic E-state index is 14.7. The van der Waals surface area contributed by atoms with Crippen molar-refractivity contribution < 1.29 is 23.5 Å². The Hall–Kier alpha value is -3.26. The predicted molar refractivity (Wildman–Crippen MR) is 109 cm³/mol. The predicted octanol–water partition coefficient (Wildman–Crippen LogP) is 2.92. The first-order chi connectivity index (χ1) is 14.2. The van der Waals surface area contributed by atoms with Crippen molar-refractivity contribution in [3.63, 3.8) is 0 Å². The molecule has 0 radical (unpaired) electrons. The van der Waals surface area contributed by atoms with Crippen LogP contribution in [-0.4, -0.2) is 55.0 Å². The Balaban J connectivity index is 1.51. The van der Waals surface area contributed by atoms with Gasteiger partial charge in [0.2, 0.25) is 0 Å². The number of morpholine rings is 1. The molecule has 2 aliphatic rings. The number of rotatable bonds is 3. The van der Waals surface area contributed by atoms with E-state index in [2.05, 4.69) is 5.32 Å². The van der Waals surface area contributed by atoms with Crippen molar-refractivity contribution in [1.82, 2.24) is 4.90 Å². The average molecular weight is 411 g/mol. The van der Waals surface area contributed by atoms with E-state index in [1.54, 1.807) is 12.1 Å². The van der Waals surface area contributed by atoms with E-state index >= 15 is 0 Å². The molecule has 0 aliphatic carbocycles. The Morgan fingerprint density at radius 3 is 2.37 bits per heavy atom. The van der Waals surface area contributed by atoms with E-state index in [4.69, 9.17) is 4.74 Å². The van der Waals surface area contributed by atoms with Gasteiger partial charge in [-0.2, -0.15) is 0 Å². The third-order valence-corrected chi connectivity index (χ3v) is 5.32. The molecule has 30 heavy (non-hydrogen) atoms. The Kier molecular flexibility index (Phi) is 5.03. The van der Waals surface area contributed by atoms with Crippen LogP contribution in [-0.2, 0) is 4.74 Å². The summed E-state index contributed by atoms with van der Waals surface area (Å²) in [6.07, 6.45) is 0.00181. The van der Waals surface area contributed by atoms with E-state index in [0.29, 0.717) is 24.5 Å². The number of hydrogen-bond donors (Lipinski definition) is 1. The number of nitrogens with zero attached hydrogens (tertiary/aromatic N) is 2. The van der Waals surface area contributed by atoms with E-state index in [1.165, 1.54) is 31.3 Å². The van der Waals surface area contributed by atoms with Gasteiger partial charge in [-0.15, -0.1) is 0 Å². The van der Waals surface area contributed by atoms with E-state index in [0.717, 1.165) is 4.90 Å². The van der Waals surface area contributed by atoms with Gasteiger partial charge in [0.15, 0.2) is 0 Å². The highest BCUT2D eigenvalue weighted by Gasteiger charge is 2.33. The molecule has 0 saturated carbocycles. The summed E-state index contributed by atoms with van der Waals surface area (Å²) in [5.74, 6) is -1.78. The summed E-state index contributed by atoms with van der Waals surface area (Å²) in [6.45, 7) is 5.07. The molecule has 0 aromatic heterocycles. The summed E-state index contributed by atoms with van der Waals surface area (Å²) in [4.78, 5) is 39.6. The molecule has 2 aliphatic heterocycles. The van der Waals surface area contributed by atoms with Crippen molar-refractivity contribution in [3.8, 4) is 0 Å². The number of benzene rings is 2. The van der Waals surface area contributed by atoms with Crippen LogP contribution in [0.5, 0.6) is 0 Å². The van der Waals surface area contributed by atoms with Gasteiger partial charge in [0.25, 0.3) is 17.7 Å². The minimum absolute atomic E-state index is 0.000903. The highest BCUT2D eigenvalue weighted by atomic mass is 19.1. The minimum atomic E-state index is -0.492. The zero-order valence-corrected chi connectivity index (χ0v) is 16.9. The third-order valence-electron chi connectivity index (χ3n) is 5.32. The van der Waals surface area contributed by atoms with Crippen LogP contribution >= 0.6 is 0 Å². The molecule has 2 aromatic carbocycles.